The SMILES string of the molecule is CC1(C)OCC(c2ccc(C(=O)Nc3ccc(Cl)cc3)cc2)N1C(=O)O. The first-order valence-corrected chi connectivity index (χ1v) is 8.49. The first-order chi connectivity index (χ1) is 12.3. The fraction of sp³-hybridized carbons (Fsp3) is 0.263. The quantitative estimate of drug-likeness (QED) is 0.835. The molecule has 1 atom stereocenters. The molecule has 2 N–H and O–H groups in total. The third-order valence-electron chi connectivity index (χ3n) is 4.35. The summed E-state index contributed by atoms with van der Waals surface area (Å²) in [5.74, 6) is -0.253. The van der Waals surface area contributed by atoms with Crippen LogP contribution >= 0.6 is 11.6 Å². The van der Waals surface area contributed by atoms with E-state index in [-0.39, 0.29) is 12.5 Å². The Kier molecular flexibility index (Phi) is 4.89. The number of rotatable bonds is 3. The van der Waals surface area contributed by atoms with Crippen LogP contribution in [0.5, 0.6) is 0 Å². The topological polar surface area (TPSA) is 78.9 Å². The van der Waals surface area contributed by atoms with E-state index in [1.165, 1.54) is 4.90 Å². The molecule has 1 aliphatic rings. The highest BCUT2D eigenvalue weighted by Gasteiger charge is 2.44. The summed E-state index contributed by atoms with van der Waals surface area (Å²) in [5, 5.41) is 12.9. The van der Waals surface area contributed by atoms with Crippen LogP contribution in [0.3, 0.4) is 0 Å². The van der Waals surface area contributed by atoms with E-state index >= 15 is 0 Å². The molecular weight excluding hydrogens is 356 g/mol. The monoisotopic (exact) mass is 374 g/mol. The summed E-state index contributed by atoms with van der Waals surface area (Å²) in [5.41, 5.74) is 1.01. The predicted molar refractivity (Wildman–Crippen MR) is 98.5 cm³/mol. The summed E-state index contributed by atoms with van der Waals surface area (Å²) in [6.45, 7) is 3.71. The zero-order valence-electron chi connectivity index (χ0n) is 14.4. The van der Waals surface area contributed by atoms with Crippen molar-refractivity contribution in [3.8, 4) is 0 Å². The third kappa shape index (κ3) is 3.66. The van der Waals surface area contributed by atoms with Gasteiger partial charge in [0.05, 0.1) is 12.6 Å². The van der Waals surface area contributed by atoms with Crippen LogP contribution < -0.4 is 5.32 Å². The maximum absolute atomic E-state index is 12.3. The van der Waals surface area contributed by atoms with Gasteiger partial charge in [0.15, 0.2) is 0 Å². The van der Waals surface area contributed by atoms with Crippen LogP contribution in [-0.4, -0.2) is 34.3 Å². The van der Waals surface area contributed by atoms with Crippen LogP contribution in [0.2, 0.25) is 5.02 Å². The fourth-order valence-electron chi connectivity index (χ4n) is 3.00. The number of ether oxygens (including phenoxy) is 1. The van der Waals surface area contributed by atoms with Crippen LogP contribution in [0.25, 0.3) is 0 Å². The lowest BCUT2D eigenvalue weighted by Crippen LogP contribution is -2.44. The van der Waals surface area contributed by atoms with Gasteiger partial charge in [0, 0.05) is 16.3 Å². The number of nitrogens with one attached hydrogen (secondary N) is 1. The number of hydrogen-bond acceptors (Lipinski definition) is 3. The van der Waals surface area contributed by atoms with Gasteiger partial charge >= 0.3 is 6.09 Å². The Hall–Kier alpha value is -2.57. The van der Waals surface area contributed by atoms with E-state index in [1.54, 1.807) is 62.4 Å². The molecule has 1 saturated heterocycles. The molecule has 1 heterocycles. The minimum Gasteiger partial charge on any atom is -0.465 e. The van der Waals surface area contributed by atoms with Gasteiger partial charge in [-0.15, -0.1) is 0 Å². The van der Waals surface area contributed by atoms with E-state index in [9.17, 15) is 14.7 Å². The Morgan fingerprint density at radius 2 is 1.77 bits per heavy atom. The first kappa shape index (κ1) is 18.2. The minimum atomic E-state index is -1.04. The van der Waals surface area contributed by atoms with Gasteiger partial charge in [-0.1, -0.05) is 23.7 Å². The first-order valence-electron chi connectivity index (χ1n) is 8.11. The van der Waals surface area contributed by atoms with Crippen molar-refractivity contribution in [2.75, 3.05) is 11.9 Å². The third-order valence-corrected chi connectivity index (χ3v) is 4.60. The summed E-state index contributed by atoms with van der Waals surface area (Å²) >= 11 is 5.83. The molecule has 7 heteroatoms. The normalized spacial score (nSPS) is 18.6. The Morgan fingerprint density at radius 1 is 1.15 bits per heavy atom. The average molecular weight is 375 g/mol. The van der Waals surface area contributed by atoms with Gasteiger partial charge in [0.25, 0.3) is 5.91 Å². The number of carbonyl (C=O) groups is 2. The fourth-order valence-corrected chi connectivity index (χ4v) is 3.13. The molecule has 136 valence electrons. The summed E-state index contributed by atoms with van der Waals surface area (Å²) in [4.78, 5) is 25.2. The van der Waals surface area contributed by atoms with Gasteiger partial charge < -0.3 is 15.2 Å². The average Bonchev–Trinajstić information content (AvgIpc) is 2.92. The molecule has 2 aromatic carbocycles. The second-order valence-corrected chi connectivity index (χ2v) is 6.95. The number of hydrogen-bond donors (Lipinski definition) is 2. The van der Waals surface area contributed by atoms with Crippen molar-refractivity contribution in [1.29, 1.82) is 0 Å². The Morgan fingerprint density at radius 3 is 2.35 bits per heavy atom. The summed E-state index contributed by atoms with van der Waals surface area (Å²) in [6.07, 6.45) is -1.04. The van der Waals surface area contributed by atoms with E-state index < -0.39 is 17.9 Å². The summed E-state index contributed by atoms with van der Waals surface area (Å²) < 4.78 is 5.60. The van der Waals surface area contributed by atoms with Gasteiger partial charge in [-0.3, -0.25) is 9.69 Å². The highest BCUT2D eigenvalue weighted by molar-refractivity contribution is 6.30. The standard InChI is InChI=1S/C19H19ClN2O4/c1-19(2)22(18(24)25)16(11-26-19)12-3-5-13(6-4-12)17(23)21-15-9-7-14(20)8-10-15/h3-10,16H,11H2,1-2H3,(H,21,23)(H,24,25). The van der Waals surface area contributed by atoms with Crippen molar-refractivity contribution in [2.24, 2.45) is 0 Å². The van der Waals surface area contributed by atoms with Crippen molar-refractivity contribution < 1.29 is 19.4 Å². The number of anilines is 1. The molecule has 2 aromatic rings. The van der Waals surface area contributed by atoms with Crippen LogP contribution in [0.15, 0.2) is 48.5 Å². The lowest BCUT2D eigenvalue weighted by molar-refractivity contribution is -0.0420. The molecule has 0 spiro atoms. The zero-order valence-corrected chi connectivity index (χ0v) is 15.2. The maximum atomic E-state index is 12.3. The van der Waals surface area contributed by atoms with Crippen molar-refractivity contribution >= 4 is 29.3 Å². The molecule has 26 heavy (non-hydrogen) atoms. The maximum Gasteiger partial charge on any atom is 0.410 e. The molecule has 0 aliphatic carbocycles. The molecule has 1 unspecified atom stereocenters. The van der Waals surface area contributed by atoms with Gasteiger partial charge in [-0.25, -0.2) is 4.79 Å². The number of benzene rings is 2. The molecule has 0 aromatic heterocycles. The molecule has 6 nitrogen and oxygen atoms in total. The van der Waals surface area contributed by atoms with Crippen LogP contribution in [0.1, 0.15) is 35.8 Å². The molecule has 1 aliphatic heterocycles. The Bertz CT molecular complexity index is 818. The van der Waals surface area contributed by atoms with E-state index in [4.69, 9.17) is 16.3 Å². The molecule has 2 amide bonds. The van der Waals surface area contributed by atoms with Crippen molar-refractivity contribution in [3.05, 3.63) is 64.7 Å². The van der Waals surface area contributed by atoms with E-state index in [0.29, 0.717) is 16.3 Å². The molecular formula is C19H19ClN2O4. The van der Waals surface area contributed by atoms with Gasteiger partial charge in [-0.2, -0.15) is 0 Å². The number of nitrogens with zero attached hydrogens (tertiary/aromatic N) is 1. The number of halogens is 1. The number of amides is 2. The van der Waals surface area contributed by atoms with Crippen LogP contribution in [-0.2, 0) is 4.74 Å². The second kappa shape index (κ2) is 6.97. The largest absolute Gasteiger partial charge is 0.465 e. The molecule has 0 bridgehead atoms. The second-order valence-electron chi connectivity index (χ2n) is 6.51. The van der Waals surface area contributed by atoms with Crippen molar-refractivity contribution in [3.63, 3.8) is 0 Å². The molecule has 3 rings (SSSR count). The summed E-state index contributed by atoms with van der Waals surface area (Å²) in [7, 11) is 0. The van der Waals surface area contributed by atoms with E-state index in [0.717, 1.165) is 5.56 Å². The highest BCUT2D eigenvalue weighted by Crippen LogP contribution is 2.36. The molecule has 0 radical (unpaired) electrons. The van der Waals surface area contributed by atoms with E-state index in [2.05, 4.69) is 5.32 Å². The lowest BCUT2D eigenvalue weighted by atomic mass is 10.0. The zero-order chi connectivity index (χ0) is 18.9. The van der Waals surface area contributed by atoms with Crippen LogP contribution in [0, 0.1) is 0 Å². The lowest BCUT2D eigenvalue weighted by Gasteiger charge is -2.31. The van der Waals surface area contributed by atoms with Gasteiger partial charge in [-0.05, 0) is 55.8 Å². The highest BCUT2D eigenvalue weighted by atomic mass is 35.5. The van der Waals surface area contributed by atoms with E-state index in [1.807, 2.05) is 0 Å². The number of carboxylic acid groups (broad SMARTS) is 1. The van der Waals surface area contributed by atoms with Gasteiger partial charge in [0.2, 0.25) is 0 Å². The van der Waals surface area contributed by atoms with Crippen molar-refractivity contribution in [1.82, 2.24) is 4.90 Å². The van der Waals surface area contributed by atoms with Gasteiger partial charge in [0.1, 0.15) is 5.72 Å². The minimum absolute atomic E-state index is 0.253. The Balaban J connectivity index is 1.75. The Labute approximate surface area is 156 Å². The smallest absolute Gasteiger partial charge is 0.410 e. The number of carbonyl (C=O) groups excluding carboxylic acids is 1. The van der Waals surface area contributed by atoms with Crippen LogP contribution in [0.4, 0.5) is 10.5 Å². The van der Waals surface area contributed by atoms with Crippen molar-refractivity contribution in [2.45, 2.75) is 25.6 Å². The predicted octanol–water partition coefficient (Wildman–Crippen LogP) is 4.38. The molecule has 0 saturated carbocycles. The molecule has 1 fully saturated rings. The summed E-state index contributed by atoms with van der Waals surface area (Å²) in [6, 6.07) is 13.3.